The van der Waals surface area contributed by atoms with E-state index in [0.717, 1.165) is 0 Å². The molecule has 12 heteroatoms. The Kier molecular flexibility index (Phi) is 19.0. The van der Waals surface area contributed by atoms with Gasteiger partial charge in [-0.2, -0.15) is 0 Å². The van der Waals surface area contributed by atoms with Crippen LogP contribution in [0.25, 0.3) is 0 Å². The molecule has 212 valence electrons. The average Bonchev–Trinajstić information content (AvgIpc) is 2.79. The van der Waals surface area contributed by atoms with Gasteiger partial charge in [0, 0.05) is 19.4 Å². The Labute approximate surface area is 216 Å². The van der Waals surface area contributed by atoms with E-state index >= 15 is 0 Å². The molecule has 0 aromatic heterocycles. The molecule has 0 fully saturated rings. The van der Waals surface area contributed by atoms with Crippen LogP contribution in [0.4, 0.5) is 0 Å². The van der Waals surface area contributed by atoms with Crippen molar-refractivity contribution in [1.29, 1.82) is 0 Å². The first-order valence-corrected chi connectivity index (χ1v) is 14.2. The molecule has 36 heavy (non-hydrogen) atoms. The SMILES string of the molecule is CCOP(=O)(OCC)OCC(C)CCC(C)C(=O)OC(O)CN(C)CCCC(=O)NCCCC(C)=O. The number of nitrogens with one attached hydrogen (secondary N) is 1. The van der Waals surface area contributed by atoms with Crippen molar-refractivity contribution >= 4 is 25.5 Å². The lowest BCUT2D eigenvalue weighted by molar-refractivity contribution is -0.174. The molecule has 0 aromatic rings. The topological polar surface area (TPSA) is 141 Å². The third-order valence-electron chi connectivity index (χ3n) is 5.28. The number of aliphatic hydroxyl groups is 1. The summed E-state index contributed by atoms with van der Waals surface area (Å²) in [6, 6.07) is 0. The van der Waals surface area contributed by atoms with Crippen molar-refractivity contribution in [3.05, 3.63) is 0 Å². The molecule has 0 saturated heterocycles. The fourth-order valence-corrected chi connectivity index (χ4v) is 4.48. The number of carbonyl (C=O) groups excluding carboxylic acids is 3. The molecule has 0 aliphatic heterocycles. The number of esters is 1. The number of phosphoric ester groups is 1. The third-order valence-corrected chi connectivity index (χ3v) is 6.89. The number of likely N-dealkylation sites (N-methyl/N-ethyl adjacent to an activating group) is 1. The molecule has 0 bridgehead atoms. The second-order valence-electron chi connectivity index (χ2n) is 9.07. The van der Waals surface area contributed by atoms with E-state index in [4.69, 9.17) is 18.3 Å². The normalized spacial score (nSPS) is 14.3. The molecule has 1 amide bonds. The standard InChI is InChI=1S/C24H47N2O9P/c1-7-32-36(31,33-8-2)34-18-19(3)13-14-20(4)24(30)35-23(29)17-26(6)16-10-12-22(28)25-15-9-11-21(5)27/h19-20,23,29H,7-18H2,1-6H3,(H,25,28). The van der Waals surface area contributed by atoms with Gasteiger partial charge in [-0.3, -0.25) is 23.2 Å². The Balaban J connectivity index is 4.14. The Hall–Kier alpha value is -1.36. The molecule has 3 atom stereocenters. The molecule has 0 aliphatic carbocycles. The fraction of sp³-hybridized carbons (Fsp3) is 0.875. The Morgan fingerprint density at radius 3 is 2.22 bits per heavy atom. The molecular weight excluding hydrogens is 491 g/mol. The van der Waals surface area contributed by atoms with E-state index in [1.807, 2.05) is 6.92 Å². The highest BCUT2D eigenvalue weighted by atomic mass is 31.2. The van der Waals surface area contributed by atoms with E-state index in [2.05, 4.69) is 5.32 Å². The van der Waals surface area contributed by atoms with E-state index in [0.29, 0.717) is 51.6 Å². The number of hydrogen-bond donors (Lipinski definition) is 2. The summed E-state index contributed by atoms with van der Waals surface area (Å²) >= 11 is 0. The minimum atomic E-state index is -3.56. The van der Waals surface area contributed by atoms with E-state index in [9.17, 15) is 24.1 Å². The van der Waals surface area contributed by atoms with Crippen molar-refractivity contribution < 1.29 is 42.4 Å². The lowest BCUT2D eigenvalue weighted by Crippen LogP contribution is -2.35. The minimum Gasteiger partial charge on any atom is -0.434 e. The highest BCUT2D eigenvalue weighted by Crippen LogP contribution is 2.49. The fourth-order valence-electron chi connectivity index (χ4n) is 3.19. The summed E-state index contributed by atoms with van der Waals surface area (Å²) < 4.78 is 33.1. The molecule has 2 N–H and O–H groups in total. The van der Waals surface area contributed by atoms with Crippen LogP contribution in [0.3, 0.4) is 0 Å². The van der Waals surface area contributed by atoms with Gasteiger partial charge in [0.15, 0.2) is 0 Å². The number of phosphoric acid groups is 1. The lowest BCUT2D eigenvalue weighted by Gasteiger charge is -2.22. The lowest BCUT2D eigenvalue weighted by atomic mass is 9.99. The van der Waals surface area contributed by atoms with Gasteiger partial charge in [0.1, 0.15) is 5.78 Å². The number of nitrogens with zero attached hydrogens (tertiary/aromatic N) is 1. The maximum atomic E-state index is 12.3. The number of ketones is 1. The molecule has 11 nitrogen and oxygen atoms in total. The van der Waals surface area contributed by atoms with Crippen LogP contribution in [-0.4, -0.2) is 80.5 Å². The number of hydrogen-bond acceptors (Lipinski definition) is 10. The number of ether oxygens (including phenoxy) is 1. The predicted octanol–water partition coefficient (Wildman–Crippen LogP) is 3.30. The highest BCUT2D eigenvalue weighted by molar-refractivity contribution is 7.48. The molecular formula is C24H47N2O9P. The molecule has 0 rings (SSSR count). The van der Waals surface area contributed by atoms with Crippen molar-refractivity contribution in [2.75, 3.05) is 46.5 Å². The summed E-state index contributed by atoms with van der Waals surface area (Å²) in [5.74, 6) is -0.886. The zero-order chi connectivity index (χ0) is 27.6. The zero-order valence-corrected chi connectivity index (χ0v) is 23.7. The minimum absolute atomic E-state index is 0.0110. The first-order chi connectivity index (χ1) is 16.9. The summed E-state index contributed by atoms with van der Waals surface area (Å²) in [6.07, 6.45) is 1.89. The summed E-state index contributed by atoms with van der Waals surface area (Å²) in [5.41, 5.74) is 0. The number of amides is 1. The van der Waals surface area contributed by atoms with Crippen LogP contribution >= 0.6 is 7.82 Å². The number of carbonyl (C=O) groups is 3. The van der Waals surface area contributed by atoms with Gasteiger partial charge in [-0.1, -0.05) is 13.8 Å². The molecule has 0 spiro atoms. The van der Waals surface area contributed by atoms with Gasteiger partial charge < -0.3 is 24.9 Å². The quantitative estimate of drug-likeness (QED) is 0.0913. The van der Waals surface area contributed by atoms with Crippen molar-refractivity contribution in [1.82, 2.24) is 10.2 Å². The highest BCUT2D eigenvalue weighted by Gasteiger charge is 2.27. The molecule has 0 aliphatic rings. The number of rotatable bonds is 22. The second kappa shape index (κ2) is 19.7. The molecule has 0 saturated carbocycles. The van der Waals surface area contributed by atoms with E-state index in [-0.39, 0.29) is 44.0 Å². The van der Waals surface area contributed by atoms with Crippen molar-refractivity contribution in [3.63, 3.8) is 0 Å². The van der Waals surface area contributed by atoms with Crippen LogP contribution in [0.2, 0.25) is 0 Å². The van der Waals surface area contributed by atoms with Crippen molar-refractivity contribution in [2.45, 2.75) is 79.4 Å². The second-order valence-corrected chi connectivity index (χ2v) is 10.7. The summed E-state index contributed by atoms with van der Waals surface area (Å²) in [6.45, 7) is 10.3. The van der Waals surface area contributed by atoms with Crippen molar-refractivity contribution in [2.24, 2.45) is 11.8 Å². The van der Waals surface area contributed by atoms with E-state index in [1.54, 1.807) is 32.7 Å². The largest absolute Gasteiger partial charge is 0.474 e. The van der Waals surface area contributed by atoms with Gasteiger partial charge in [0.2, 0.25) is 12.2 Å². The number of aliphatic hydroxyl groups excluding tert-OH is 1. The average molecular weight is 539 g/mol. The van der Waals surface area contributed by atoms with Crippen molar-refractivity contribution in [3.8, 4) is 0 Å². The summed E-state index contributed by atoms with van der Waals surface area (Å²) in [5, 5.41) is 12.9. The molecule has 0 heterocycles. The van der Waals surface area contributed by atoms with Gasteiger partial charge in [-0.05, 0) is 66.0 Å². The van der Waals surface area contributed by atoms with Crippen LogP contribution in [0.1, 0.15) is 73.1 Å². The zero-order valence-electron chi connectivity index (χ0n) is 22.8. The molecule has 0 aromatic carbocycles. The van der Waals surface area contributed by atoms with Gasteiger partial charge in [-0.15, -0.1) is 0 Å². The summed E-state index contributed by atoms with van der Waals surface area (Å²) in [4.78, 5) is 36.8. The maximum absolute atomic E-state index is 12.3. The first kappa shape index (κ1) is 34.6. The smallest absolute Gasteiger partial charge is 0.434 e. The van der Waals surface area contributed by atoms with Crippen LogP contribution in [0.15, 0.2) is 0 Å². The van der Waals surface area contributed by atoms with Gasteiger partial charge in [0.05, 0.1) is 32.3 Å². The monoisotopic (exact) mass is 538 g/mol. The molecule has 0 radical (unpaired) electrons. The van der Waals surface area contributed by atoms with E-state index in [1.165, 1.54) is 6.92 Å². The number of Topliss-reactive ketones (excluding diaryl/α,β-unsaturated/α-hetero) is 1. The van der Waals surface area contributed by atoms with Crippen LogP contribution in [-0.2, 0) is 37.3 Å². The van der Waals surface area contributed by atoms with Crippen LogP contribution in [0.5, 0.6) is 0 Å². The van der Waals surface area contributed by atoms with Crippen LogP contribution in [0, 0.1) is 11.8 Å². The van der Waals surface area contributed by atoms with E-state index < -0.39 is 26.0 Å². The van der Waals surface area contributed by atoms with Gasteiger partial charge >= 0.3 is 13.8 Å². The Bertz CT molecular complexity index is 682. The predicted molar refractivity (Wildman–Crippen MR) is 136 cm³/mol. The third kappa shape index (κ3) is 18.0. The summed E-state index contributed by atoms with van der Waals surface area (Å²) in [7, 11) is -1.78. The van der Waals surface area contributed by atoms with Gasteiger partial charge in [-0.25, -0.2) is 4.57 Å². The molecule has 3 unspecified atom stereocenters. The Morgan fingerprint density at radius 2 is 1.64 bits per heavy atom. The van der Waals surface area contributed by atoms with Crippen LogP contribution < -0.4 is 5.32 Å². The maximum Gasteiger partial charge on any atom is 0.474 e. The Morgan fingerprint density at radius 1 is 1.00 bits per heavy atom. The first-order valence-electron chi connectivity index (χ1n) is 12.8. The van der Waals surface area contributed by atoms with Gasteiger partial charge in [0.25, 0.3) is 0 Å².